The van der Waals surface area contributed by atoms with E-state index in [9.17, 15) is 22.0 Å². The van der Waals surface area contributed by atoms with Crippen LogP contribution < -0.4 is 10.0 Å². The third-order valence-electron chi connectivity index (χ3n) is 3.88. The number of hydrogen-bond donors (Lipinski definition) is 3. The fraction of sp³-hybridized carbons (Fsp3) is 0.111. The summed E-state index contributed by atoms with van der Waals surface area (Å²) in [7, 11) is -4.18. The molecule has 0 saturated heterocycles. The van der Waals surface area contributed by atoms with Crippen LogP contribution in [-0.4, -0.2) is 24.5 Å². The number of anilines is 2. The van der Waals surface area contributed by atoms with Crippen LogP contribution in [0.5, 0.6) is 0 Å². The van der Waals surface area contributed by atoms with E-state index >= 15 is 0 Å². The van der Waals surface area contributed by atoms with Gasteiger partial charge >= 0.3 is 0 Å². The van der Waals surface area contributed by atoms with Crippen molar-refractivity contribution in [1.29, 1.82) is 0 Å². The fourth-order valence-electron chi connectivity index (χ4n) is 2.46. The lowest BCUT2D eigenvalue weighted by Gasteiger charge is -2.09. The molecule has 7 nitrogen and oxygen atoms in total. The van der Waals surface area contributed by atoms with Gasteiger partial charge in [-0.1, -0.05) is 17.7 Å². The van der Waals surface area contributed by atoms with E-state index in [1.165, 1.54) is 6.92 Å². The summed E-state index contributed by atoms with van der Waals surface area (Å²) in [6, 6.07) is 9.41. The molecule has 3 aromatic rings. The number of aryl methyl sites for hydroxylation is 2. The molecule has 0 spiro atoms. The second kappa shape index (κ2) is 7.39. The van der Waals surface area contributed by atoms with Crippen LogP contribution in [0.15, 0.2) is 47.5 Å². The van der Waals surface area contributed by atoms with E-state index in [2.05, 4.69) is 20.2 Å². The van der Waals surface area contributed by atoms with Crippen molar-refractivity contribution in [1.82, 2.24) is 10.2 Å². The van der Waals surface area contributed by atoms with Crippen LogP contribution in [0.1, 0.15) is 21.6 Å². The zero-order chi connectivity index (χ0) is 20.5. The lowest BCUT2D eigenvalue weighted by molar-refractivity contribution is 0.102. The van der Waals surface area contributed by atoms with Gasteiger partial charge in [0.25, 0.3) is 15.9 Å². The van der Waals surface area contributed by atoms with Gasteiger partial charge in [-0.05, 0) is 38.1 Å². The molecule has 0 bridgehead atoms. The Bertz CT molecular complexity index is 1140. The molecular weight excluding hydrogens is 390 g/mol. The lowest BCUT2D eigenvalue weighted by Crippen LogP contribution is -2.20. The highest BCUT2D eigenvalue weighted by molar-refractivity contribution is 7.92. The number of hydrogen-bond acceptors (Lipinski definition) is 4. The minimum Gasteiger partial charge on any atom is -0.322 e. The molecular formula is C18H16F2N4O3S. The van der Waals surface area contributed by atoms with Gasteiger partial charge < -0.3 is 5.32 Å². The first-order valence-corrected chi connectivity index (χ1v) is 9.56. The van der Waals surface area contributed by atoms with Crippen LogP contribution >= 0.6 is 0 Å². The first kappa shape index (κ1) is 19.5. The van der Waals surface area contributed by atoms with Crippen molar-refractivity contribution < 1.29 is 22.0 Å². The van der Waals surface area contributed by atoms with E-state index in [1.807, 2.05) is 6.92 Å². The molecule has 28 heavy (non-hydrogen) atoms. The van der Waals surface area contributed by atoms with E-state index in [-0.39, 0.29) is 16.9 Å². The number of rotatable bonds is 5. The molecule has 10 heteroatoms. The van der Waals surface area contributed by atoms with Crippen molar-refractivity contribution in [3.05, 3.63) is 70.9 Å². The summed E-state index contributed by atoms with van der Waals surface area (Å²) in [4.78, 5) is 12.6. The highest BCUT2D eigenvalue weighted by atomic mass is 32.2. The number of carbonyl (C=O) groups excluding carboxylic acids is 1. The van der Waals surface area contributed by atoms with Crippen LogP contribution in [0.2, 0.25) is 0 Å². The van der Waals surface area contributed by atoms with Gasteiger partial charge in [0.15, 0.2) is 11.6 Å². The number of benzene rings is 2. The van der Waals surface area contributed by atoms with Crippen LogP contribution in [0.3, 0.4) is 0 Å². The Kier molecular flexibility index (Phi) is 5.14. The Morgan fingerprint density at radius 3 is 2.29 bits per heavy atom. The topological polar surface area (TPSA) is 104 Å². The van der Waals surface area contributed by atoms with E-state index in [0.29, 0.717) is 5.69 Å². The number of H-pyrrole nitrogens is 1. The summed E-state index contributed by atoms with van der Waals surface area (Å²) >= 11 is 0. The Hall–Kier alpha value is -3.27. The number of aromatic amines is 1. The SMILES string of the molecule is Cc1ccc(NS(=O)(=O)c2n[nH]c(C)c2C(=O)Nc2ccc(F)c(F)c2)cc1. The second-order valence-corrected chi connectivity index (χ2v) is 7.68. The Balaban J connectivity index is 1.90. The number of nitrogens with one attached hydrogen (secondary N) is 3. The van der Waals surface area contributed by atoms with E-state index in [4.69, 9.17) is 0 Å². The Morgan fingerprint density at radius 1 is 1.00 bits per heavy atom. The minimum absolute atomic E-state index is 0.0284. The number of aromatic nitrogens is 2. The van der Waals surface area contributed by atoms with E-state index in [0.717, 1.165) is 23.8 Å². The summed E-state index contributed by atoms with van der Waals surface area (Å²) in [6.07, 6.45) is 0. The predicted octanol–water partition coefficient (Wildman–Crippen LogP) is 3.36. The van der Waals surface area contributed by atoms with Crippen molar-refractivity contribution in [3.63, 3.8) is 0 Å². The van der Waals surface area contributed by atoms with Gasteiger partial charge in [0, 0.05) is 23.1 Å². The molecule has 0 aliphatic carbocycles. The average Bonchev–Trinajstić information content (AvgIpc) is 3.03. The maximum Gasteiger partial charge on any atom is 0.282 e. The number of sulfonamides is 1. The molecule has 0 saturated carbocycles. The molecule has 146 valence electrons. The molecule has 0 aliphatic heterocycles. The molecule has 1 aromatic heterocycles. The molecule has 1 heterocycles. The average molecular weight is 406 g/mol. The molecule has 0 aliphatic rings. The van der Waals surface area contributed by atoms with Gasteiger partial charge in [-0.25, -0.2) is 8.78 Å². The van der Waals surface area contributed by atoms with Gasteiger partial charge in [-0.15, -0.1) is 0 Å². The molecule has 0 fully saturated rings. The molecule has 0 radical (unpaired) electrons. The van der Waals surface area contributed by atoms with Gasteiger partial charge in [-0.3, -0.25) is 14.6 Å². The molecule has 3 rings (SSSR count). The molecule has 0 atom stereocenters. The minimum atomic E-state index is -4.18. The van der Waals surface area contributed by atoms with Crippen molar-refractivity contribution >= 4 is 27.3 Å². The van der Waals surface area contributed by atoms with Crippen molar-refractivity contribution in [2.75, 3.05) is 10.0 Å². The largest absolute Gasteiger partial charge is 0.322 e. The monoisotopic (exact) mass is 406 g/mol. The molecule has 1 amide bonds. The summed E-state index contributed by atoms with van der Waals surface area (Å²) in [6.45, 7) is 3.33. The third-order valence-corrected chi connectivity index (χ3v) is 5.19. The van der Waals surface area contributed by atoms with Gasteiger partial charge in [0.1, 0.15) is 5.56 Å². The fourth-order valence-corrected chi connectivity index (χ4v) is 3.68. The zero-order valence-electron chi connectivity index (χ0n) is 14.9. The summed E-state index contributed by atoms with van der Waals surface area (Å²) < 4.78 is 54.1. The van der Waals surface area contributed by atoms with Gasteiger partial charge in [-0.2, -0.15) is 13.5 Å². The van der Waals surface area contributed by atoms with Crippen LogP contribution in [0.4, 0.5) is 20.2 Å². The van der Waals surface area contributed by atoms with Crippen molar-refractivity contribution in [2.24, 2.45) is 0 Å². The number of carbonyl (C=O) groups is 1. The zero-order valence-corrected chi connectivity index (χ0v) is 15.7. The summed E-state index contributed by atoms with van der Waals surface area (Å²) in [5.41, 5.74) is 1.19. The molecule has 2 aromatic carbocycles. The first-order valence-electron chi connectivity index (χ1n) is 8.08. The van der Waals surface area contributed by atoms with Gasteiger partial charge in [0.2, 0.25) is 5.03 Å². The Morgan fingerprint density at radius 2 is 1.64 bits per heavy atom. The first-order chi connectivity index (χ1) is 13.2. The molecule has 0 unspecified atom stereocenters. The maximum absolute atomic E-state index is 13.3. The second-order valence-electron chi connectivity index (χ2n) is 6.08. The Labute approximate surface area is 159 Å². The van der Waals surface area contributed by atoms with Crippen LogP contribution in [0.25, 0.3) is 0 Å². The number of halogens is 2. The lowest BCUT2D eigenvalue weighted by atomic mass is 10.2. The van der Waals surface area contributed by atoms with E-state index < -0.39 is 32.6 Å². The van der Waals surface area contributed by atoms with Crippen molar-refractivity contribution in [3.8, 4) is 0 Å². The summed E-state index contributed by atoms with van der Waals surface area (Å²) in [5.74, 6) is -3.04. The highest BCUT2D eigenvalue weighted by Gasteiger charge is 2.28. The predicted molar refractivity (Wildman–Crippen MR) is 99.6 cm³/mol. The van der Waals surface area contributed by atoms with Gasteiger partial charge in [0.05, 0.1) is 0 Å². The quantitative estimate of drug-likeness (QED) is 0.604. The number of amides is 1. The van der Waals surface area contributed by atoms with Crippen LogP contribution in [-0.2, 0) is 10.0 Å². The third kappa shape index (κ3) is 4.01. The highest BCUT2D eigenvalue weighted by Crippen LogP contribution is 2.22. The van der Waals surface area contributed by atoms with Crippen molar-refractivity contribution in [2.45, 2.75) is 18.9 Å². The normalized spacial score (nSPS) is 11.3. The van der Waals surface area contributed by atoms with E-state index in [1.54, 1.807) is 24.3 Å². The van der Waals surface area contributed by atoms with Crippen LogP contribution in [0, 0.1) is 25.5 Å². The molecule has 3 N–H and O–H groups in total. The number of nitrogens with zero attached hydrogens (tertiary/aromatic N) is 1. The maximum atomic E-state index is 13.3. The standard InChI is InChI=1S/C18H16F2N4O3S/c1-10-3-5-12(6-4-10)24-28(26,27)18-16(11(2)22-23-18)17(25)21-13-7-8-14(19)15(20)9-13/h3-9,24H,1-2H3,(H,21,25)(H,22,23). The smallest absolute Gasteiger partial charge is 0.282 e. The summed E-state index contributed by atoms with van der Waals surface area (Å²) in [5, 5.41) is 8.02.